The number of ketones is 1. The zero-order valence-electron chi connectivity index (χ0n) is 12.2. The van der Waals surface area contributed by atoms with E-state index >= 15 is 0 Å². The van der Waals surface area contributed by atoms with Crippen molar-refractivity contribution < 1.29 is 9.18 Å². The van der Waals surface area contributed by atoms with Gasteiger partial charge in [0.2, 0.25) is 0 Å². The molecule has 0 fully saturated rings. The molecule has 0 unspecified atom stereocenters. The lowest BCUT2D eigenvalue weighted by molar-refractivity contribution is 0.0988. The van der Waals surface area contributed by atoms with E-state index < -0.39 is 11.5 Å². The molecule has 0 aliphatic rings. The molecule has 0 aliphatic heterocycles. The lowest BCUT2D eigenvalue weighted by Gasteiger charge is -2.05. The number of nitrogens with one attached hydrogen (secondary N) is 1. The maximum Gasteiger partial charge on any atom is 0.344 e. The van der Waals surface area contributed by atoms with Crippen LogP contribution >= 0.6 is 11.6 Å². The van der Waals surface area contributed by atoms with E-state index in [1.54, 1.807) is 6.07 Å². The van der Waals surface area contributed by atoms with Crippen molar-refractivity contribution in [3.05, 3.63) is 75.6 Å². The van der Waals surface area contributed by atoms with Crippen molar-refractivity contribution >= 4 is 17.4 Å². The third-order valence-electron chi connectivity index (χ3n) is 3.20. The van der Waals surface area contributed by atoms with Crippen molar-refractivity contribution in [3.8, 4) is 11.3 Å². The first-order valence-electron chi connectivity index (χ1n) is 6.86. The summed E-state index contributed by atoms with van der Waals surface area (Å²) in [5.41, 5.74) is 1.06. The topological polar surface area (TPSA) is 88.6 Å². The van der Waals surface area contributed by atoms with Crippen LogP contribution in [-0.4, -0.2) is 25.7 Å². The number of benzene rings is 1. The monoisotopic (exact) mass is 344 g/mol. The van der Waals surface area contributed by atoms with Gasteiger partial charge in [0.1, 0.15) is 17.8 Å². The number of nitrogens with zero attached hydrogens (tertiary/aromatic N) is 3. The van der Waals surface area contributed by atoms with E-state index in [9.17, 15) is 14.0 Å². The van der Waals surface area contributed by atoms with Crippen LogP contribution in [0.2, 0.25) is 5.02 Å². The summed E-state index contributed by atoms with van der Waals surface area (Å²) < 4.78 is 13.5. The van der Waals surface area contributed by atoms with E-state index in [-0.39, 0.29) is 22.9 Å². The standard InChI is InChI=1S/C16H10ClFN4O2/c17-11-2-10(3-12(18)4-11)13-5-14(22-8-21-13)15(23)1-9-6-19-16(24)20-7-9/h2-8H,1H2,(H,19,20,24). The SMILES string of the molecule is O=C(Cc1cnc(=O)[nH]c1)c1cc(-c2cc(F)cc(Cl)c2)ncn1. The fraction of sp³-hybridized carbons (Fsp3) is 0.0625. The molecular weight excluding hydrogens is 335 g/mol. The normalized spacial score (nSPS) is 10.6. The van der Waals surface area contributed by atoms with Crippen LogP contribution in [0, 0.1) is 5.82 Å². The van der Waals surface area contributed by atoms with Crippen molar-refractivity contribution in [2.45, 2.75) is 6.42 Å². The molecule has 0 aliphatic carbocycles. The van der Waals surface area contributed by atoms with Gasteiger partial charge in [-0.2, -0.15) is 0 Å². The minimum absolute atomic E-state index is 0.0180. The van der Waals surface area contributed by atoms with Crippen molar-refractivity contribution in [1.29, 1.82) is 0 Å². The fourth-order valence-corrected chi connectivity index (χ4v) is 2.33. The van der Waals surface area contributed by atoms with Crippen LogP contribution in [-0.2, 0) is 6.42 Å². The second-order valence-corrected chi connectivity index (χ2v) is 5.41. The molecule has 2 heterocycles. The van der Waals surface area contributed by atoms with Crippen LogP contribution in [0.25, 0.3) is 11.3 Å². The highest BCUT2D eigenvalue weighted by Crippen LogP contribution is 2.23. The Morgan fingerprint density at radius 3 is 2.71 bits per heavy atom. The second kappa shape index (κ2) is 6.67. The molecule has 120 valence electrons. The highest BCUT2D eigenvalue weighted by atomic mass is 35.5. The molecule has 0 amide bonds. The highest BCUT2D eigenvalue weighted by molar-refractivity contribution is 6.30. The molecule has 0 radical (unpaired) electrons. The van der Waals surface area contributed by atoms with E-state index in [0.29, 0.717) is 16.8 Å². The van der Waals surface area contributed by atoms with Crippen LogP contribution in [0.1, 0.15) is 16.1 Å². The van der Waals surface area contributed by atoms with Crippen LogP contribution in [0.4, 0.5) is 4.39 Å². The number of H-pyrrole nitrogens is 1. The zero-order chi connectivity index (χ0) is 17.1. The summed E-state index contributed by atoms with van der Waals surface area (Å²) in [6.45, 7) is 0. The Labute approximate surface area is 140 Å². The number of carbonyl (C=O) groups is 1. The molecule has 0 spiro atoms. The van der Waals surface area contributed by atoms with Crippen molar-refractivity contribution in [2.75, 3.05) is 0 Å². The Morgan fingerprint density at radius 1 is 1.17 bits per heavy atom. The molecule has 2 aromatic heterocycles. The van der Waals surface area contributed by atoms with Gasteiger partial charge >= 0.3 is 5.69 Å². The van der Waals surface area contributed by atoms with Gasteiger partial charge in [0, 0.05) is 29.4 Å². The van der Waals surface area contributed by atoms with Crippen molar-refractivity contribution in [1.82, 2.24) is 19.9 Å². The van der Waals surface area contributed by atoms with E-state index in [1.807, 2.05) is 0 Å². The van der Waals surface area contributed by atoms with Crippen LogP contribution < -0.4 is 5.69 Å². The molecule has 0 saturated heterocycles. The molecule has 3 aromatic rings. The first-order chi connectivity index (χ1) is 11.5. The lowest BCUT2D eigenvalue weighted by Crippen LogP contribution is -2.12. The van der Waals surface area contributed by atoms with E-state index in [0.717, 1.165) is 0 Å². The number of aromatic nitrogens is 4. The van der Waals surface area contributed by atoms with Gasteiger partial charge in [-0.15, -0.1) is 0 Å². The third kappa shape index (κ3) is 3.69. The van der Waals surface area contributed by atoms with E-state index in [1.165, 1.54) is 36.9 Å². The average Bonchev–Trinajstić information content (AvgIpc) is 2.56. The Balaban J connectivity index is 1.88. The molecule has 0 saturated carbocycles. The summed E-state index contributed by atoms with van der Waals surface area (Å²) in [5, 5.41) is 0.232. The smallest absolute Gasteiger partial charge is 0.312 e. The van der Waals surface area contributed by atoms with Gasteiger partial charge in [-0.1, -0.05) is 11.6 Å². The first kappa shape index (κ1) is 15.9. The maximum atomic E-state index is 13.5. The van der Waals surface area contributed by atoms with Gasteiger partial charge in [-0.25, -0.2) is 24.1 Å². The zero-order valence-corrected chi connectivity index (χ0v) is 12.9. The number of Topliss-reactive ketones (excluding diaryl/α,β-unsaturated/α-hetero) is 1. The third-order valence-corrected chi connectivity index (χ3v) is 3.42. The quantitative estimate of drug-likeness (QED) is 0.734. The summed E-state index contributed by atoms with van der Waals surface area (Å²) in [6.07, 6.45) is 3.99. The fourth-order valence-electron chi connectivity index (χ4n) is 2.11. The molecule has 1 aromatic carbocycles. The Morgan fingerprint density at radius 2 is 2.00 bits per heavy atom. The van der Waals surface area contributed by atoms with Crippen molar-refractivity contribution in [2.24, 2.45) is 0 Å². The maximum absolute atomic E-state index is 13.5. The van der Waals surface area contributed by atoms with Gasteiger partial charge in [0.05, 0.1) is 5.69 Å². The van der Waals surface area contributed by atoms with Crippen LogP contribution in [0.15, 0.2) is 47.8 Å². The van der Waals surface area contributed by atoms with Gasteiger partial charge in [0.15, 0.2) is 5.78 Å². The summed E-state index contributed by atoms with van der Waals surface area (Å²) >= 11 is 5.84. The van der Waals surface area contributed by atoms with Gasteiger partial charge in [-0.05, 0) is 29.8 Å². The minimum Gasteiger partial charge on any atom is -0.312 e. The lowest BCUT2D eigenvalue weighted by atomic mass is 10.1. The van der Waals surface area contributed by atoms with Crippen LogP contribution in [0.5, 0.6) is 0 Å². The molecule has 0 bridgehead atoms. The predicted molar refractivity (Wildman–Crippen MR) is 85.3 cm³/mol. The minimum atomic E-state index is -0.497. The molecule has 1 N–H and O–H groups in total. The largest absolute Gasteiger partial charge is 0.344 e. The number of halogens is 2. The molecule has 0 atom stereocenters. The Bertz CT molecular complexity index is 934. The number of carbonyl (C=O) groups excluding carboxylic acids is 1. The average molecular weight is 345 g/mol. The summed E-state index contributed by atoms with van der Waals surface area (Å²) in [4.78, 5) is 37.2. The van der Waals surface area contributed by atoms with E-state index in [4.69, 9.17) is 11.6 Å². The molecule has 8 heteroatoms. The number of aromatic amines is 1. The van der Waals surface area contributed by atoms with E-state index in [2.05, 4.69) is 19.9 Å². The number of hydrogen-bond donors (Lipinski definition) is 1. The molecule has 24 heavy (non-hydrogen) atoms. The first-order valence-corrected chi connectivity index (χ1v) is 7.24. The number of rotatable bonds is 4. The van der Waals surface area contributed by atoms with Gasteiger partial charge in [-0.3, -0.25) is 4.79 Å². The molecular formula is C16H10ClFN4O2. The van der Waals surface area contributed by atoms with Gasteiger partial charge < -0.3 is 4.98 Å². The van der Waals surface area contributed by atoms with Gasteiger partial charge in [0.25, 0.3) is 0 Å². The predicted octanol–water partition coefficient (Wildman–Crippen LogP) is 2.44. The number of hydrogen-bond acceptors (Lipinski definition) is 5. The molecule has 6 nitrogen and oxygen atoms in total. The highest BCUT2D eigenvalue weighted by Gasteiger charge is 2.12. The second-order valence-electron chi connectivity index (χ2n) is 4.97. The Hall–Kier alpha value is -2.93. The summed E-state index contributed by atoms with van der Waals surface area (Å²) in [6, 6.07) is 5.47. The van der Waals surface area contributed by atoms with Crippen molar-refractivity contribution in [3.63, 3.8) is 0 Å². The molecule has 3 rings (SSSR count). The Kier molecular flexibility index (Phi) is 4.43. The summed E-state index contributed by atoms with van der Waals surface area (Å²) in [7, 11) is 0. The summed E-state index contributed by atoms with van der Waals surface area (Å²) in [5.74, 6) is -0.779. The van der Waals surface area contributed by atoms with Crippen LogP contribution in [0.3, 0.4) is 0 Å².